The maximum atomic E-state index is 6.04. The standard InChI is InChI=1S/C15H31NO2/c1-11(2)10-17-6-7-18-15-13(4)8-12(3)9-14(15)16-5/h11-16H,6-10H2,1-5H3. The van der Waals surface area contributed by atoms with E-state index >= 15 is 0 Å². The van der Waals surface area contributed by atoms with Gasteiger partial charge in [-0.25, -0.2) is 0 Å². The molecule has 0 aromatic rings. The molecule has 4 atom stereocenters. The predicted molar refractivity (Wildman–Crippen MR) is 75.8 cm³/mol. The van der Waals surface area contributed by atoms with E-state index in [1.165, 1.54) is 12.8 Å². The van der Waals surface area contributed by atoms with Crippen molar-refractivity contribution in [2.75, 3.05) is 26.9 Å². The lowest BCUT2D eigenvalue weighted by Crippen LogP contribution is -2.48. The molecule has 0 bridgehead atoms. The Bertz CT molecular complexity index is 221. The first-order chi connectivity index (χ1) is 8.54. The smallest absolute Gasteiger partial charge is 0.0754 e. The van der Waals surface area contributed by atoms with Gasteiger partial charge in [0, 0.05) is 12.6 Å². The van der Waals surface area contributed by atoms with Crippen molar-refractivity contribution in [2.45, 2.75) is 52.7 Å². The van der Waals surface area contributed by atoms with E-state index in [1.807, 2.05) is 7.05 Å². The van der Waals surface area contributed by atoms with Crippen molar-refractivity contribution in [1.29, 1.82) is 0 Å². The number of nitrogens with one attached hydrogen (secondary N) is 1. The molecule has 3 heteroatoms. The van der Waals surface area contributed by atoms with Gasteiger partial charge >= 0.3 is 0 Å². The average molecular weight is 257 g/mol. The van der Waals surface area contributed by atoms with E-state index in [0.717, 1.165) is 12.5 Å². The summed E-state index contributed by atoms with van der Waals surface area (Å²) in [6, 6.07) is 0.494. The largest absolute Gasteiger partial charge is 0.379 e. The van der Waals surface area contributed by atoms with E-state index in [4.69, 9.17) is 9.47 Å². The topological polar surface area (TPSA) is 30.5 Å². The van der Waals surface area contributed by atoms with Crippen LogP contribution in [0.1, 0.15) is 40.5 Å². The second-order valence-electron chi connectivity index (χ2n) is 6.25. The monoisotopic (exact) mass is 257 g/mol. The van der Waals surface area contributed by atoms with Crippen LogP contribution in [0, 0.1) is 17.8 Å². The first-order valence-electron chi connectivity index (χ1n) is 7.41. The van der Waals surface area contributed by atoms with E-state index in [0.29, 0.717) is 37.2 Å². The molecule has 1 saturated carbocycles. The van der Waals surface area contributed by atoms with E-state index < -0.39 is 0 Å². The Morgan fingerprint density at radius 3 is 2.50 bits per heavy atom. The van der Waals surface area contributed by atoms with Crippen molar-refractivity contribution in [3.8, 4) is 0 Å². The molecule has 1 aliphatic carbocycles. The van der Waals surface area contributed by atoms with Gasteiger partial charge in [0.15, 0.2) is 0 Å². The SMILES string of the molecule is CNC1CC(C)CC(C)C1OCCOCC(C)C. The van der Waals surface area contributed by atoms with Crippen LogP contribution in [0.2, 0.25) is 0 Å². The number of hydrogen-bond acceptors (Lipinski definition) is 3. The van der Waals surface area contributed by atoms with Crippen molar-refractivity contribution < 1.29 is 9.47 Å². The van der Waals surface area contributed by atoms with Gasteiger partial charge in [0.1, 0.15) is 0 Å². The molecule has 1 rings (SSSR count). The summed E-state index contributed by atoms with van der Waals surface area (Å²) in [5.41, 5.74) is 0. The highest BCUT2D eigenvalue weighted by Gasteiger charge is 2.33. The molecule has 4 unspecified atom stereocenters. The molecule has 3 nitrogen and oxygen atoms in total. The van der Waals surface area contributed by atoms with E-state index in [-0.39, 0.29) is 0 Å². The minimum absolute atomic E-state index is 0.342. The summed E-state index contributed by atoms with van der Waals surface area (Å²) >= 11 is 0. The summed E-state index contributed by atoms with van der Waals surface area (Å²) in [7, 11) is 2.04. The summed E-state index contributed by atoms with van der Waals surface area (Å²) in [4.78, 5) is 0. The lowest BCUT2D eigenvalue weighted by molar-refractivity contribution is -0.0583. The zero-order valence-corrected chi connectivity index (χ0v) is 12.7. The lowest BCUT2D eigenvalue weighted by Gasteiger charge is -2.39. The third-order valence-corrected chi connectivity index (χ3v) is 3.75. The summed E-state index contributed by atoms with van der Waals surface area (Å²) in [6.45, 7) is 11.2. The molecule has 0 saturated heterocycles. The highest BCUT2D eigenvalue weighted by molar-refractivity contribution is 4.87. The third kappa shape index (κ3) is 5.25. The van der Waals surface area contributed by atoms with Crippen LogP contribution in [0.4, 0.5) is 0 Å². The molecule has 108 valence electrons. The maximum Gasteiger partial charge on any atom is 0.0754 e. The van der Waals surface area contributed by atoms with Crippen LogP contribution in [0.5, 0.6) is 0 Å². The maximum absolute atomic E-state index is 6.04. The fourth-order valence-corrected chi connectivity index (χ4v) is 2.95. The van der Waals surface area contributed by atoms with Crippen LogP contribution in [0.3, 0.4) is 0 Å². The van der Waals surface area contributed by atoms with Gasteiger partial charge in [-0.3, -0.25) is 0 Å². The summed E-state index contributed by atoms with van der Waals surface area (Å²) in [5.74, 6) is 2.04. The van der Waals surface area contributed by atoms with Gasteiger partial charge in [0.05, 0.1) is 19.3 Å². The van der Waals surface area contributed by atoms with Crippen LogP contribution in [0.25, 0.3) is 0 Å². The summed E-state index contributed by atoms with van der Waals surface area (Å²) < 4.78 is 11.6. The molecule has 0 heterocycles. The Balaban J connectivity index is 2.25. The lowest BCUT2D eigenvalue weighted by atomic mass is 9.78. The molecule has 18 heavy (non-hydrogen) atoms. The van der Waals surface area contributed by atoms with Crippen LogP contribution < -0.4 is 5.32 Å². The van der Waals surface area contributed by atoms with Crippen molar-refractivity contribution >= 4 is 0 Å². The summed E-state index contributed by atoms with van der Waals surface area (Å²) in [6.07, 6.45) is 2.84. The molecule has 1 N–H and O–H groups in total. The second-order valence-corrected chi connectivity index (χ2v) is 6.25. The van der Waals surface area contributed by atoms with Crippen LogP contribution in [0.15, 0.2) is 0 Å². The van der Waals surface area contributed by atoms with Crippen molar-refractivity contribution in [3.63, 3.8) is 0 Å². The Hall–Kier alpha value is -0.120. The van der Waals surface area contributed by atoms with Crippen LogP contribution >= 0.6 is 0 Å². The van der Waals surface area contributed by atoms with Crippen molar-refractivity contribution in [1.82, 2.24) is 5.32 Å². The minimum Gasteiger partial charge on any atom is -0.379 e. The zero-order valence-electron chi connectivity index (χ0n) is 12.7. The van der Waals surface area contributed by atoms with Gasteiger partial charge in [-0.2, -0.15) is 0 Å². The van der Waals surface area contributed by atoms with E-state index in [2.05, 4.69) is 33.0 Å². The number of ether oxygens (including phenoxy) is 2. The predicted octanol–water partition coefficient (Wildman–Crippen LogP) is 2.70. The Morgan fingerprint density at radius 2 is 1.89 bits per heavy atom. The first kappa shape index (κ1) is 15.9. The number of rotatable bonds is 7. The molecule has 1 aliphatic rings. The molecular weight excluding hydrogens is 226 g/mol. The molecule has 1 fully saturated rings. The zero-order chi connectivity index (χ0) is 13.5. The second kappa shape index (κ2) is 8.13. The minimum atomic E-state index is 0.342. The summed E-state index contributed by atoms with van der Waals surface area (Å²) in [5, 5.41) is 3.41. The number of likely N-dealkylation sites (N-methyl/N-ethyl adjacent to an activating group) is 1. The van der Waals surface area contributed by atoms with E-state index in [1.54, 1.807) is 0 Å². The van der Waals surface area contributed by atoms with Crippen LogP contribution in [-0.2, 0) is 9.47 Å². The van der Waals surface area contributed by atoms with Crippen molar-refractivity contribution in [3.05, 3.63) is 0 Å². The van der Waals surface area contributed by atoms with Gasteiger partial charge < -0.3 is 14.8 Å². The van der Waals surface area contributed by atoms with Crippen molar-refractivity contribution in [2.24, 2.45) is 17.8 Å². The van der Waals surface area contributed by atoms with Gasteiger partial charge in [0.2, 0.25) is 0 Å². The molecular formula is C15H31NO2. The molecule has 0 spiro atoms. The normalized spacial score (nSPS) is 33.0. The number of hydrogen-bond donors (Lipinski definition) is 1. The Kier molecular flexibility index (Phi) is 7.20. The molecule has 0 aromatic carbocycles. The molecule has 0 aromatic heterocycles. The van der Waals surface area contributed by atoms with Gasteiger partial charge in [-0.1, -0.05) is 27.7 Å². The van der Waals surface area contributed by atoms with Gasteiger partial charge in [0.25, 0.3) is 0 Å². The van der Waals surface area contributed by atoms with Gasteiger partial charge in [-0.05, 0) is 37.6 Å². The molecule has 0 amide bonds. The average Bonchev–Trinajstić information content (AvgIpc) is 2.30. The van der Waals surface area contributed by atoms with E-state index in [9.17, 15) is 0 Å². The highest BCUT2D eigenvalue weighted by atomic mass is 16.5. The van der Waals surface area contributed by atoms with Gasteiger partial charge in [-0.15, -0.1) is 0 Å². The Morgan fingerprint density at radius 1 is 1.17 bits per heavy atom. The third-order valence-electron chi connectivity index (χ3n) is 3.75. The Labute approximate surface area is 113 Å². The first-order valence-corrected chi connectivity index (χ1v) is 7.41. The highest BCUT2D eigenvalue weighted by Crippen LogP contribution is 2.30. The fraction of sp³-hybridized carbons (Fsp3) is 1.00. The molecule has 0 radical (unpaired) electrons. The van der Waals surface area contributed by atoms with Crippen LogP contribution in [-0.4, -0.2) is 39.0 Å². The molecule has 0 aliphatic heterocycles. The fourth-order valence-electron chi connectivity index (χ4n) is 2.95. The quantitative estimate of drug-likeness (QED) is 0.711.